The Bertz CT molecular complexity index is 378. The maximum Gasteiger partial charge on any atom is 0.153 e. The first-order valence-corrected chi connectivity index (χ1v) is 5.59. The number of halogens is 1. The Kier molecular flexibility index (Phi) is 2.96. The molecule has 1 aliphatic rings. The van der Waals surface area contributed by atoms with Crippen molar-refractivity contribution in [3.05, 3.63) is 28.8 Å². The van der Waals surface area contributed by atoms with E-state index in [0.717, 1.165) is 25.1 Å². The van der Waals surface area contributed by atoms with Crippen molar-refractivity contribution in [1.82, 2.24) is 0 Å². The van der Waals surface area contributed by atoms with Crippen molar-refractivity contribution in [2.75, 3.05) is 18.0 Å². The van der Waals surface area contributed by atoms with E-state index < -0.39 is 0 Å². The lowest BCUT2D eigenvalue weighted by molar-refractivity contribution is 0.112. The Morgan fingerprint density at radius 1 is 1.53 bits per heavy atom. The zero-order valence-electron chi connectivity index (χ0n) is 8.74. The summed E-state index contributed by atoms with van der Waals surface area (Å²) in [4.78, 5) is 13.2. The third-order valence-electron chi connectivity index (χ3n) is 2.91. The third-order valence-corrected chi connectivity index (χ3v) is 3.24. The molecule has 0 aromatic heterocycles. The van der Waals surface area contributed by atoms with E-state index in [-0.39, 0.29) is 0 Å². The molecule has 15 heavy (non-hydrogen) atoms. The number of rotatable bonds is 2. The number of hydrogen-bond donors (Lipinski definition) is 0. The summed E-state index contributed by atoms with van der Waals surface area (Å²) < 4.78 is 0. The molecule has 2 rings (SSSR count). The molecular weight excluding hydrogens is 210 g/mol. The smallest absolute Gasteiger partial charge is 0.153 e. The molecule has 3 heteroatoms. The number of carbonyl (C=O) groups excluding carboxylic acids is 1. The average molecular weight is 224 g/mol. The van der Waals surface area contributed by atoms with Gasteiger partial charge >= 0.3 is 0 Å². The van der Waals surface area contributed by atoms with Crippen LogP contribution in [0.3, 0.4) is 0 Å². The second-order valence-electron chi connectivity index (χ2n) is 4.13. The van der Waals surface area contributed by atoms with Gasteiger partial charge in [-0.3, -0.25) is 4.79 Å². The molecule has 80 valence electrons. The van der Waals surface area contributed by atoms with Crippen molar-refractivity contribution in [3.63, 3.8) is 0 Å². The molecule has 0 aliphatic carbocycles. The fourth-order valence-corrected chi connectivity index (χ4v) is 2.29. The highest BCUT2D eigenvalue weighted by Crippen LogP contribution is 2.29. The SMILES string of the molecule is CC1CCN(c2cccc(Cl)c2C=O)C1. The summed E-state index contributed by atoms with van der Waals surface area (Å²) in [6, 6.07) is 5.62. The molecule has 0 N–H and O–H groups in total. The van der Waals surface area contributed by atoms with Crippen LogP contribution < -0.4 is 4.90 Å². The van der Waals surface area contributed by atoms with E-state index >= 15 is 0 Å². The first-order chi connectivity index (χ1) is 7.22. The second kappa shape index (κ2) is 4.23. The average Bonchev–Trinajstić information content (AvgIpc) is 2.64. The summed E-state index contributed by atoms with van der Waals surface area (Å²) in [6.07, 6.45) is 2.03. The topological polar surface area (TPSA) is 20.3 Å². The van der Waals surface area contributed by atoms with Crippen LogP contribution in [0.2, 0.25) is 5.02 Å². The molecule has 1 unspecified atom stereocenters. The maximum absolute atomic E-state index is 11.0. The molecule has 0 amide bonds. The van der Waals surface area contributed by atoms with E-state index in [2.05, 4.69) is 11.8 Å². The largest absolute Gasteiger partial charge is 0.371 e. The lowest BCUT2D eigenvalue weighted by Crippen LogP contribution is -2.20. The Morgan fingerprint density at radius 2 is 2.33 bits per heavy atom. The molecule has 0 saturated carbocycles. The number of hydrogen-bond acceptors (Lipinski definition) is 2. The highest BCUT2D eigenvalue weighted by Gasteiger charge is 2.21. The Balaban J connectivity index is 2.35. The zero-order valence-corrected chi connectivity index (χ0v) is 9.50. The number of carbonyl (C=O) groups is 1. The lowest BCUT2D eigenvalue weighted by atomic mass is 10.1. The number of nitrogens with zero attached hydrogens (tertiary/aromatic N) is 1. The molecule has 1 fully saturated rings. The van der Waals surface area contributed by atoms with Gasteiger partial charge in [0.05, 0.1) is 10.6 Å². The van der Waals surface area contributed by atoms with Crippen molar-refractivity contribution >= 4 is 23.6 Å². The molecule has 0 radical (unpaired) electrons. The van der Waals surface area contributed by atoms with E-state index in [9.17, 15) is 4.79 Å². The van der Waals surface area contributed by atoms with Gasteiger partial charge < -0.3 is 4.90 Å². The van der Waals surface area contributed by atoms with Gasteiger partial charge in [-0.2, -0.15) is 0 Å². The van der Waals surface area contributed by atoms with Gasteiger partial charge in [-0.1, -0.05) is 24.6 Å². The number of benzene rings is 1. The first kappa shape index (κ1) is 10.5. The number of aldehydes is 1. The summed E-state index contributed by atoms with van der Waals surface area (Å²) in [5, 5.41) is 0.544. The van der Waals surface area contributed by atoms with Crippen LogP contribution in [0.5, 0.6) is 0 Å². The highest BCUT2D eigenvalue weighted by molar-refractivity contribution is 6.33. The lowest BCUT2D eigenvalue weighted by Gasteiger charge is -2.20. The van der Waals surface area contributed by atoms with Crippen molar-refractivity contribution in [2.24, 2.45) is 5.92 Å². The standard InChI is InChI=1S/C12H14ClNO/c1-9-5-6-14(7-9)12-4-2-3-11(13)10(12)8-15/h2-4,8-9H,5-7H2,1H3. The molecule has 1 aromatic carbocycles. The van der Waals surface area contributed by atoms with Gasteiger partial charge in [0.2, 0.25) is 0 Å². The van der Waals surface area contributed by atoms with E-state index in [1.807, 2.05) is 12.1 Å². The predicted octanol–water partition coefficient (Wildman–Crippen LogP) is 3.00. The van der Waals surface area contributed by atoms with Crippen molar-refractivity contribution < 1.29 is 4.79 Å². The van der Waals surface area contributed by atoms with Gasteiger partial charge in [-0.05, 0) is 24.5 Å². The Morgan fingerprint density at radius 3 is 2.93 bits per heavy atom. The monoisotopic (exact) mass is 223 g/mol. The highest BCUT2D eigenvalue weighted by atomic mass is 35.5. The minimum Gasteiger partial charge on any atom is -0.371 e. The molecule has 0 spiro atoms. The summed E-state index contributed by atoms with van der Waals surface area (Å²) >= 11 is 5.99. The Labute approximate surface area is 94.8 Å². The van der Waals surface area contributed by atoms with Gasteiger partial charge in [0.1, 0.15) is 0 Å². The van der Waals surface area contributed by atoms with E-state index in [4.69, 9.17) is 11.6 Å². The molecule has 1 aromatic rings. The molecule has 1 heterocycles. The zero-order chi connectivity index (χ0) is 10.8. The first-order valence-electron chi connectivity index (χ1n) is 5.21. The van der Waals surface area contributed by atoms with Crippen LogP contribution in [0.1, 0.15) is 23.7 Å². The summed E-state index contributed by atoms with van der Waals surface area (Å²) in [5.41, 5.74) is 1.59. The molecule has 1 saturated heterocycles. The van der Waals surface area contributed by atoms with Gasteiger partial charge in [0.25, 0.3) is 0 Å². The fraction of sp³-hybridized carbons (Fsp3) is 0.417. The Hall–Kier alpha value is -1.02. The van der Waals surface area contributed by atoms with Crippen LogP contribution in [0.25, 0.3) is 0 Å². The van der Waals surface area contributed by atoms with Crippen molar-refractivity contribution in [2.45, 2.75) is 13.3 Å². The summed E-state index contributed by atoms with van der Waals surface area (Å²) in [6.45, 7) is 4.26. The fourth-order valence-electron chi connectivity index (χ4n) is 2.07. The van der Waals surface area contributed by atoms with Crippen LogP contribution in [-0.4, -0.2) is 19.4 Å². The minimum absolute atomic E-state index is 0.544. The number of anilines is 1. The maximum atomic E-state index is 11.0. The third kappa shape index (κ3) is 2.00. The van der Waals surface area contributed by atoms with Crippen molar-refractivity contribution in [1.29, 1.82) is 0 Å². The minimum atomic E-state index is 0.544. The molecule has 2 nitrogen and oxygen atoms in total. The van der Waals surface area contributed by atoms with Gasteiger partial charge in [0.15, 0.2) is 6.29 Å². The van der Waals surface area contributed by atoms with Gasteiger partial charge in [-0.15, -0.1) is 0 Å². The summed E-state index contributed by atoms with van der Waals surface area (Å²) in [7, 11) is 0. The molecule has 1 aliphatic heterocycles. The van der Waals surface area contributed by atoms with Gasteiger partial charge in [0, 0.05) is 18.8 Å². The van der Waals surface area contributed by atoms with Crippen LogP contribution in [0, 0.1) is 5.92 Å². The van der Waals surface area contributed by atoms with E-state index in [1.54, 1.807) is 6.07 Å². The van der Waals surface area contributed by atoms with Gasteiger partial charge in [-0.25, -0.2) is 0 Å². The predicted molar refractivity (Wildman–Crippen MR) is 62.8 cm³/mol. The molecule has 0 bridgehead atoms. The second-order valence-corrected chi connectivity index (χ2v) is 4.54. The normalized spacial score (nSPS) is 20.7. The van der Waals surface area contributed by atoms with Crippen LogP contribution in [0.15, 0.2) is 18.2 Å². The van der Waals surface area contributed by atoms with Crippen LogP contribution in [0.4, 0.5) is 5.69 Å². The van der Waals surface area contributed by atoms with E-state index in [0.29, 0.717) is 16.5 Å². The molecular formula is C12H14ClNO. The van der Waals surface area contributed by atoms with Crippen LogP contribution >= 0.6 is 11.6 Å². The van der Waals surface area contributed by atoms with Crippen molar-refractivity contribution in [3.8, 4) is 0 Å². The van der Waals surface area contributed by atoms with Crippen LogP contribution in [-0.2, 0) is 0 Å². The van der Waals surface area contributed by atoms with E-state index in [1.165, 1.54) is 6.42 Å². The molecule has 1 atom stereocenters. The summed E-state index contributed by atoms with van der Waals surface area (Å²) in [5.74, 6) is 0.698. The quantitative estimate of drug-likeness (QED) is 0.719.